The van der Waals surface area contributed by atoms with Crippen molar-refractivity contribution in [1.82, 2.24) is 0 Å². The molecule has 9 aliphatic rings. The molecule has 9 N–H and O–H groups in total. The Labute approximate surface area is 351 Å². The van der Waals surface area contributed by atoms with E-state index in [0.717, 1.165) is 51.4 Å². The maximum atomic E-state index is 11.2. The number of aliphatic hydroxyl groups is 9. The Morgan fingerprint density at radius 3 is 1.97 bits per heavy atom. The van der Waals surface area contributed by atoms with E-state index in [1.54, 1.807) is 0 Å². The van der Waals surface area contributed by atoms with Gasteiger partial charge in [-0.05, 0) is 104 Å². The van der Waals surface area contributed by atoms with Crippen molar-refractivity contribution in [3.05, 3.63) is 0 Å². The summed E-state index contributed by atoms with van der Waals surface area (Å²) >= 11 is 0. The van der Waals surface area contributed by atoms with Gasteiger partial charge in [-0.25, -0.2) is 0 Å². The molecule has 60 heavy (non-hydrogen) atoms. The molecule has 0 unspecified atom stereocenters. The summed E-state index contributed by atoms with van der Waals surface area (Å²) in [6.45, 7) is 8.81. The molecule has 17 nitrogen and oxygen atoms in total. The zero-order valence-electron chi connectivity index (χ0n) is 35.3. The van der Waals surface area contributed by atoms with Crippen LogP contribution in [0.15, 0.2) is 0 Å². The summed E-state index contributed by atoms with van der Waals surface area (Å²) in [6, 6.07) is 0. The molecule has 5 saturated heterocycles. The van der Waals surface area contributed by atoms with Crippen molar-refractivity contribution in [1.29, 1.82) is 0 Å². The highest BCUT2D eigenvalue weighted by Crippen LogP contribution is 2.71. The Morgan fingerprint density at radius 2 is 1.28 bits per heavy atom. The second-order valence-corrected chi connectivity index (χ2v) is 20.7. The van der Waals surface area contributed by atoms with Gasteiger partial charge >= 0.3 is 0 Å². The van der Waals surface area contributed by atoms with Gasteiger partial charge in [0.25, 0.3) is 0 Å². The Bertz CT molecular complexity index is 1510. The first-order valence-electron chi connectivity index (χ1n) is 22.7. The molecular formula is C43H70O17. The average molecular weight is 859 g/mol. The minimum Gasteiger partial charge on any atom is -0.394 e. The Hall–Kier alpha value is -0.680. The molecule has 0 radical (unpaired) electrons. The first kappa shape index (κ1) is 44.5. The summed E-state index contributed by atoms with van der Waals surface area (Å²) in [7, 11) is 0. The second-order valence-electron chi connectivity index (χ2n) is 20.7. The van der Waals surface area contributed by atoms with Gasteiger partial charge in [0.15, 0.2) is 24.7 Å². The summed E-state index contributed by atoms with van der Waals surface area (Å²) in [5.41, 5.74) is 0.145. The van der Waals surface area contributed by atoms with Gasteiger partial charge in [0.1, 0.15) is 67.1 Å². The van der Waals surface area contributed by atoms with Crippen LogP contribution in [0.3, 0.4) is 0 Å². The standard InChI is InChI=1S/C43H70O17/c1-18-11-29(58-38-34(50)31(47)25(45)16-53-38)43(55-15-18)19(2)30-27(60-43)13-24-22-6-5-20-12-21(7-9-41(20,3)23(22)8-10-42(24,30)4)56-40-36(52)33(49)37(28(14-44)57-40)59-39-35(51)32(48)26(46)17-54-39/h18-40,44-52H,5-17H2,1-4H3/t18-,19-,20+,21-,22+,23-,24-,25-,26+,27-,28+,29-,30-,31+,32-,33+,34-,35+,36+,37+,38+,39-,40+,41-,42-,43-/m0/s1. The zero-order valence-corrected chi connectivity index (χ0v) is 35.3. The highest BCUT2D eigenvalue weighted by Gasteiger charge is 2.71. The molecule has 4 aliphatic carbocycles. The van der Waals surface area contributed by atoms with Crippen molar-refractivity contribution in [3.8, 4) is 0 Å². The van der Waals surface area contributed by atoms with Gasteiger partial charge in [-0.1, -0.05) is 27.7 Å². The van der Waals surface area contributed by atoms with Crippen LogP contribution in [0.4, 0.5) is 0 Å². The Kier molecular flexibility index (Phi) is 12.3. The first-order valence-corrected chi connectivity index (χ1v) is 22.7. The van der Waals surface area contributed by atoms with Gasteiger partial charge in [0.2, 0.25) is 0 Å². The highest BCUT2D eigenvalue weighted by atomic mass is 16.8. The van der Waals surface area contributed by atoms with Crippen molar-refractivity contribution in [2.75, 3.05) is 26.4 Å². The molecule has 0 aromatic rings. The lowest BCUT2D eigenvalue weighted by molar-refractivity contribution is -0.366. The fraction of sp³-hybridized carbons (Fsp3) is 1.00. The molecule has 344 valence electrons. The van der Waals surface area contributed by atoms with Crippen LogP contribution in [-0.2, 0) is 37.9 Å². The average Bonchev–Trinajstić information content (AvgIpc) is 3.68. The number of hydrogen-bond donors (Lipinski definition) is 9. The maximum Gasteiger partial charge on any atom is 0.198 e. The number of aliphatic hydroxyl groups excluding tert-OH is 9. The molecule has 26 atom stereocenters. The van der Waals surface area contributed by atoms with E-state index >= 15 is 0 Å². The van der Waals surface area contributed by atoms with Crippen LogP contribution in [0.2, 0.25) is 0 Å². The van der Waals surface area contributed by atoms with E-state index in [1.807, 2.05) is 0 Å². The molecule has 0 bridgehead atoms. The van der Waals surface area contributed by atoms with Gasteiger partial charge in [-0.3, -0.25) is 0 Å². The Morgan fingerprint density at radius 1 is 0.633 bits per heavy atom. The number of fused-ring (bicyclic) bond motifs is 7. The van der Waals surface area contributed by atoms with Gasteiger partial charge < -0.3 is 83.9 Å². The number of ether oxygens (including phenoxy) is 8. The minimum absolute atomic E-state index is 0.00250. The molecule has 0 aromatic heterocycles. The Balaban J connectivity index is 0.835. The van der Waals surface area contributed by atoms with Crippen LogP contribution >= 0.6 is 0 Å². The van der Waals surface area contributed by atoms with Crippen LogP contribution < -0.4 is 0 Å². The monoisotopic (exact) mass is 858 g/mol. The predicted molar refractivity (Wildman–Crippen MR) is 205 cm³/mol. The molecule has 9 rings (SSSR count). The van der Waals surface area contributed by atoms with Crippen LogP contribution in [0, 0.1) is 52.3 Å². The van der Waals surface area contributed by atoms with Gasteiger partial charge in [-0.2, -0.15) is 0 Å². The van der Waals surface area contributed by atoms with E-state index in [9.17, 15) is 46.0 Å². The summed E-state index contributed by atoms with van der Waals surface area (Å²) in [4.78, 5) is 0. The van der Waals surface area contributed by atoms with Crippen LogP contribution in [0.5, 0.6) is 0 Å². The lowest BCUT2D eigenvalue weighted by Gasteiger charge is -2.61. The lowest BCUT2D eigenvalue weighted by atomic mass is 9.44. The van der Waals surface area contributed by atoms with E-state index in [-0.39, 0.29) is 54.0 Å². The summed E-state index contributed by atoms with van der Waals surface area (Å²) in [6.07, 6.45) is -9.91. The number of rotatable bonds is 7. The largest absolute Gasteiger partial charge is 0.394 e. The third-order valence-corrected chi connectivity index (χ3v) is 17.5. The van der Waals surface area contributed by atoms with E-state index in [4.69, 9.17) is 37.9 Å². The number of hydrogen-bond acceptors (Lipinski definition) is 17. The smallest absolute Gasteiger partial charge is 0.198 e. The maximum absolute atomic E-state index is 11.2. The quantitative estimate of drug-likeness (QED) is 0.147. The normalized spacial score (nSPS) is 59.2. The fourth-order valence-corrected chi connectivity index (χ4v) is 14.3. The van der Waals surface area contributed by atoms with Gasteiger partial charge in [-0.15, -0.1) is 0 Å². The highest BCUT2D eigenvalue weighted by molar-refractivity contribution is 5.16. The first-order chi connectivity index (χ1) is 28.5. The fourth-order valence-electron chi connectivity index (χ4n) is 14.3. The third-order valence-electron chi connectivity index (χ3n) is 17.5. The van der Waals surface area contributed by atoms with Crippen LogP contribution in [-0.4, -0.2) is 176 Å². The van der Waals surface area contributed by atoms with Crippen molar-refractivity contribution in [2.45, 2.75) is 189 Å². The van der Waals surface area contributed by atoms with Crippen molar-refractivity contribution in [2.24, 2.45) is 52.3 Å². The molecule has 5 aliphatic heterocycles. The van der Waals surface area contributed by atoms with E-state index in [0.29, 0.717) is 36.7 Å². The van der Waals surface area contributed by atoms with Crippen LogP contribution in [0.1, 0.15) is 85.5 Å². The molecule has 1 spiro atoms. The molecule has 0 aromatic carbocycles. The van der Waals surface area contributed by atoms with Gasteiger partial charge in [0.05, 0.1) is 38.6 Å². The van der Waals surface area contributed by atoms with Gasteiger partial charge in [0, 0.05) is 5.92 Å². The molecule has 17 heteroatoms. The summed E-state index contributed by atoms with van der Waals surface area (Å²) < 4.78 is 49.4. The third kappa shape index (κ3) is 7.16. The minimum atomic E-state index is -1.62. The lowest BCUT2D eigenvalue weighted by Crippen LogP contribution is -2.63. The molecule has 5 heterocycles. The van der Waals surface area contributed by atoms with Crippen LogP contribution in [0.25, 0.3) is 0 Å². The van der Waals surface area contributed by atoms with Crippen molar-refractivity contribution < 1.29 is 83.9 Å². The van der Waals surface area contributed by atoms with Crippen molar-refractivity contribution in [3.63, 3.8) is 0 Å². The second kappa shape index (κ2) is 16.6. The summed E-state index contributed by atoms with van der Waals surface area (Å²) in [5.74, 6) is 1.45. The van der Waals surface area contributed by atoms with E-state index in [1.165, 1.54) is 0 Å². The van der Waals surface area contributed by atoms with E-state index < -0.39 is 98.4 Å². The molecule has 4 saturated carbocycles. The van der Waals surface area contributed by atoms with E-state index in [2.05, 4.69) is 27.7 Å². The zero-order chi connectivity index (χ0) is 42.6. The predicted octanol–water partition coefficient (Wildman–Crippen LogP) is -0.485. The molecule has 9 fully saturated rings. The SMILES string of the molecule is C[C@@H]1CO[C@@]2(O[C@H]3C[C@H]4[C@@H]5CC[C@@H]6C[C@@H](O[C@@H]7O[C@H](CO)[C@@H](O[C@@H]8OC[C@@H](O)[C@H](O)[C@H]8O)[C@H](O)[C@H]7O)CC[C@]6(C)[C@H]5CC[C@]4(C)[C@H]3[C@@H]2C)[C@@H](O[C@H]2OC[C@H](O)[C@@H](O)[C@@H]2O)C1. The molecular weight excluding hydrogens is 788 g/mol. The van der Waals surface area contributed by atoms with Crippen molar-refractivity contribution >= 4 is 0 Å². The summed E-state index contributed by atoms with van der Waals surface area (Å²) in [5, 5.41) is 94.0. The molecule has 0 amide bonds. The topological polar surface area (TPSA) is 256 Å².